The van der Waals surface area contributed by atoms with Gasteiger partial charge in [-0.25, -0.2) is 0 Å². The molecule has 5 heteroatoms. The van der Waals surface area contributed by atoms with Crippen molar-refractivity contribution in [1.82, 2.24) is 10.2 Å². The van der Waals surface area contributed by atoms with E-state index in [1.54, 1.807) is 6.07 Å². The molecule has 0 radical (unpaired) electrons. The molecule has 0 amide bonds. The number of ether oxygens (including phenoxy) is 1. The van der Waals surface area contributed by atoms with Crippen LogP contribution in [0, 0.1) is 0 Å². The second-order valence-electron chi connectivity index (χ2n) is 5.46. The molecule has 1 aromatic rings. The summed E-state index contributed by atoms with van der Waals surface area (Å²) in [6.45, 7) is 8.99. The van der Waals surface area contributed by atoms with Gasteiger partial charge in [0.05, 0.1) is 12.7 Å². The molecule has 21 heavy (non-hydrogen) atoms. The Bertz CT molecular complexity index is 456. The maximum atomic E-state index is 10.1. The number of nitrogens with one attached hydrogen (secondary N) is 1. The van der Waals surface area contributed by atoms with Gasteiger partial charge in [-0.3, -0.25) is 4.90 Å². The van der Waals surface area contributed by atoms with Crippen LogP contribution in [0.3, 0.4) is 0 Å². The monoisotopic (exact) mass is 356 g/mol. The second kappa shape index (κ2) is 8.13. The van der Waals surface area contributed by atoms with Gasteiger partial charge in [0.25, 0.3) is 0 Å². The summed E-state index contributed by atoms with van der Waals surface area (Å²) in [7, 11) is 0. The minimum Gasteiger partial charge on any atom is -0.508 e. The Hall–Kier alpha value is -0.620. The number of hydrogen-bond donors (Lipinski definition) is 2. The van der Waals surface area contributed by atoms with Gasteiger partial charge in [-0.2, -0.15) is 0 Å². The lowest BCUT2D eigenvalue weighted by Gasteiger charge is -2.33. The fraction of sp³-hybridized carbons (Fsp3) is 0.625. The first-order valence-corrected chi connectivity index (χ1v) is 8.49. The molecule has 1 saturated heterocycles. The number of aromatic hydroxyl groups is 1. The Balaban J connectivity index is 1.94. The fourth-order valence-electron chi connectivity index (χ4n) is 2.74. The summed E-state index contributed by atoms with van der Waals surface area (Å²) in [5.74, 6) is 0.345. The van der Waals surface area contributed by atoms with Gasteiger partial charge in [0.15, 0.2) is 0 Å². The SMILES string of the molecule is CCC(NCC1CN(CC)CCO1)c1cc(Br)ccc1O. The average Bonchev–Trinajstić information content (AvgIpc) is 2.51. The van der Waals surface area contributed by atoms with Crippen LogP contribution in [0.2, 0.25) is 0 Å². The van der Waals surface area contributed by atoms with Gasteiger partial charge in [-0.1, -0.05) is 29.8 Å². The van der Waals surface area contributed by atoms with E-state index < -0.39 is 0 Å². The first-order chi connectivity index (χ1) is 10.1. The zero-order valence-electron chi connectivity index (χ0n) is 12.8. The minimum atomic E-state index is 0.142. The molecule has 0 saturated carbocycles. The van der Waals surface area contributed by atoms with Crippen LogP contribution in [0.4, 0.5) is 0 Å². The first kappa shape index (κ1) is 16.7. The third kappa shape index (κ3) is 4.68. The van der Waals surface area contributed by atoms with Crippen molar-refractivity contribution in [3.05, 3.63) is 28.2 Å². The topological polar surface area (TPSA) is 44.7 Å². The molecule has 1 aliphatic rings. The summed E-state index contributed by atoms with van der Waals surface area (Å²) in [6, 6.07) is 5.72. The zero-order chi connectivity index (χ0) is 15.2. The quantitative estimate of drug-likeness (QED) is 0.822. The molecule has 2 rings (SSSR count). The second-order valence-corrected chi connectivity index (χ2v) is 6.37. The minimum absolute atomic E-state index is 0.142. The summed E-state index contributed by atoms with van der Waals surface area (Å²) in [5.41, 5.74) is 0.940. The largest absolute Gasteiger partial charge is 0.508 e. The fourth-order valence-corrected chi connectivity index (χ4v) is 3.12. The van der Waals surface area contributed by atoms with Gasteiger partial charge >= 0.3 is 0 Å². The highest BCUT2D eigenvalue weighted by Gasteiger charge is 2.21. The molecule has 2 N–H and O–H groups in total. The van der Waals surface area contributed by atoms with Crippen molar-refractivity contribution in [1.29, 1.82) is 0 Å². The normalized spacial score (nSPS) is 21.4. The van der Waals surface area contributed by atoms with Crippen LogP contribution in [0.25, 0.3) is 0 Å². The Labute approximate surface area is 135 Å². The van der Waals surface area contributed by atoms with Crippen LogP contribution in [0.15, 0.2) is 22.7 Å². The molecular weight excluding hydrogens is 332 g/mol. The Morgan fingerprint density at radius 3 is 3.00 bits per heavy atom. The molecule has 1 heterocycles. The third-order valence-electron chi connectivity index (χ3n) is 4.04. The van der Waals surface area contributed by atoms with Gasteiger partial charge in [0.1, 0.15) is 5.75 Å². The summed E-state index contributed by atoms with van der Waals surface area (Å²) >= 11 is 3.47. The lowest BCUT2D eigenvalue weighted by atomic mass is 10.0. The predicted octanol–water partition coefficient (Wildman–Crippen LogP) is 2.92. The average molecular weight is 357 g/mol. The van der Waals surface area contributed by atoms with Crippen molar-refractivity contribution in [3.63, 3.8) is 0 Å². The van der Waals surface area contributed by atoms with E-state index in [0.717, 1.165) is 49.2 Å². The molecule has 1 fully saturated rings. The van der Waals surface area contributed by atoms with Gasteiger partial charge in [0, 0.05) is 35.7 Å². The molecule has 0 bridgehead atoms. The third-order valence-corrected chi connectivity index (χ3v) is 4.53. The van der Waals surface area contributed by atoms with Gasteiger partial charge in [0.2, 0.25) is 0 Å². The van der Waals surface area contributed by atoms with Gasteiger partial charge < -0.3 is 15.2 Å². The molecule has 118 valence electrons. The molecule has 2 unspecified atom stereocenters. The number of halogens is 1. The van der Waals surface area contributed by atoms with Crippen molar-refractivity contribution >= 4 is 15.9 Å². The van der Waals surface area contributed by atoms with E-state index in [-0.39, 0.29) is 12.1 Å². The molecule has 1 aliphatic heterocycles. The zero-order valence-corrected chi connectivity index (χ0v) is 14.4. The molecule has 0 spiro atoms. The van der Waals surface area contributed by atoms with Crippen LogP contribution in [-0.4, -0.2) is 48.9 Å². The number of rotatable bonds is 6. The Morgan fingerprint density at radius 2 is 2.29 bits per heavy atom. The molecule has 1 aromatic carbocycles. The van der Waals surface area contributed by atoms with E-state index in [4.69, 9.17) is 4.74 Å². The summed E-state index contributed by atoms with van der Waals surface area (Å²) in [4.78, 5) is 2.41. The van der Waals surface area contributed by atoms with E-state index in [2.05, 4.69) is 40.0 Å². The number of benzene rings is 1. The van der Waals surface area contributed by atoms with Crippen molar-refractivity contribution in [2.45, 2.75) is 32.4 Å². The molecule has 0 aromatic heterocycles. The number of likely N-dealkylation sites (N-methyl/N-ethyl adjacent to an activating group) is 1. The maximum absolute atomic E-state index is 10.1. The Kier molecular flexibility index (Phi) is 6.48. The number of nitrogens with zero attached hydrogens (tertiary/aromatic N) is 1. The summed E-state index contributed by atoms with van der Waals surface area (Å²) in [5, 5.41) is 13.6. The Morgan fingerprint density at radius 1 is 1.48 bits per heavy atom. The van der Waals surface area contributed by atoms with Gasteiger partial charge in [-0.15, -0.1) is 0 Å². The number of hydrogen-bond acceptors (Lipinski definition) is 4. The highest BCUT2D eigenvalue weighted by Crippen LogP contribution is 2.29. The van der Waals surface area contributed by atoms with Crippen LogP contribution >= 0.6 is 15.9 Å². The van der Waals surface area contributed by atoms with Crippen LogP contribution in [-0.2, 0) is 4.74 Å². The summed E-state index contributed by atoms with van der Waals surface area (Å²) < 4.78 is 6.81. The summed E-state index contributed by atoms with van der Waals surface area (Å²) in [6.07, 6.45) is 1.15. The van der Waals surface area contributed by atoms with E-state index in [9.17, 15) is 5.11 Å². The number of phenolic OH excluding ortho intramolecular Hbond substituents is 1. The highest BCUT2D eigenvalue weighted by atomic mass is 79.9. The predicted molar refractivity (Wildman–Crippen MR) is 88.7 cm³/mol. The van der Waals surface area contributed by atoms with Crippen molar-refractivity contribution in [2.24, 2.45) is 0 Å². The number of morpholine rings is 1. The smallest absolute Gasteiger partial charge is 0.120 e. The number of phenols is 1. The van der Waals surface area contributed by atoms with Crippen LogP contribution < -0.4 is 5.32 Å². The van der Waals surface area contributed by atoms with Crippen LogP contribution in [0.1, 0.15) is 31.9 Å². The van der Waals surface area contributed by atoms with Crippen molar-refractivity contribution < 1.29 is 9.84 Å². The van der Waals surface area contributed by atoms with E-state index in [1.165, 1.54) is 0 Å². The van der Waals surface area contributed by atoms with Gasteiger partial charge in [-0.05, 0) is 31.2 Å². The van der Waals surface area contributed by atoms with Crippen LogP contribution in [0.5, 0.6) is 5.75 Å². The molecular formula is C16H25BrN2O2. The highest BCUT2D eigenvalue weighted by molar-refractivity contribution is 9.10. The van der Waals surface area contributed by atoms with Crippen molar-refractivity contribution in [2.75, 3.05) is 32.8 Å². The molecule has 4 nitrogen and oxygen atoms in total. The lowest BCUT2D eigenvalue weighted by Crippen LogP contribution is -2.46. The first-order valence-electron chi connectivity index (χ1n) is 7.69. The van der Waals surface area contributed by atoms with E-state index in [0.29, 0.717) is 5.75 Å². The molecule has 0 aliphatic carbocycles. The molecule has 2 atom stereocenters. The van der Waals surface area contributed by atoms with Crippen molar-refractivity contribution in [3.8, 4) is 5.75 Å². The lowest BCUT2D eigenvalue weighted by molar-refractivity contribution is -0.0264. The van der Waals surface area contributed by atoms with E-state index in [1.807, 2.05) is 12.1 Å². The van der Waals surface area contributed by atoms with E-state index >= 15 is 0 Å². The standard InChI is InChI=1S/C16H25BrN2O2/c1-3-15(14-9-12(17)5-6-16(14)20)18-10-13-11-19(4-2)7-8-21-13/h5-6,9,13,15,18,20H,3-4,7-8,10-11H2,1-2H3. The maximum Gasteiger partial charge on any atom is 0.120 e.